The monoisotopic (exact) mass is 945 g/mol. The number of unbranched alkanes of at least 4 members (excludes halogenated alkanes) is 32. The number of ether oxygens (including phenoxy) is 2. The van der Waals surface area contributed by atoms with Crippen LogP contribution in [0.1, 0.15) is 257 Å². The van der Waals surface area contributed by atoms with Crippen molar-refractivity contribution in [3.63, 3.8) is 0 Å². The lowest BCUT2D eigenvalue weighted by Crippen LogP contribution is -2.16. The molecule has 2 unspecified atom stereocenters. The molecule has 1 heterocycles. The minimum Gasteiger partial charge on any atom is -0.394 e. The molecule has 1 aromatic rings. The number of aliphatic hydroxyl groups is 4. The third-order valence-corrected chi connectivity index (χ3v) is 12.8. The predicted molar refractivity (Wildman–Crippen MR) is 271 cm³/mol. The first-order valence-corrected chi connectivity index (χ1v) is 28.2. The zero-order chi connectivity index (χ0) is 48.5. The number of rotatable bonds is 40. The first-order chi connectivity index (χ1) is 31.4. The normalized spacial score (nSPS) is 14.6. The Morgan fingerprint density at radius 2 is 0.892 bits per heavy atom. The smallest absolute Gasteiger partial charge is 0.294 e. The van der Waals surface area contributed by atoms with E-state index < -0.39 is 16.2 Å². The van der Waals surface area contributed by atoms with Gasteiger partial charge in [0.25, 0.3) is 10.1 Å². The van der Waals surface area contributed by atoms with Crippen molar-refractivity contribution in [2.24, 2.45) is 0 Å². The summed E-state index contributed by atoms with van der Waals surface area (Å²) in [5.74, 6) is 0.348. The third kappa shape index (κ3) is 50.3. The Hall–Kier alpha value is -1.44. The molecule has 0 aromatic heterocycles. The number of ketones is 1. The van der Waals surface area contributed by atoms with Crippen LogP contribution in [0.15, 0.2) is 29.2 Å². The molecule has 0 spiro atoms. The van der Waals surface area contributed by atoms with E-state index in [-0.39, 0.29) is 37.1 Å². The Bertz CT molecular complexity index is 1210. The molecule has 11 heteroatoms. The molecule has 0 aliphatic carbocycles. The minimum absolute atomic E-state index is 0.0662. The van der Waals surface area contributed by atoms with E-state index in [0.717, 1.165) is 24.8 Å². The fourth-order valence-electron chi connectivity index (χ4n) is 7.66. The van der Waals surface area contributed by atoms with E-state index >= 15 is 0 Å². The summed E-state index contributed by atoms with van der Waals surface area (Å²) in [4.78, 5) is 10.7. The van der Waals surface area contributed by atoms with Crippen LogP contribution >= 0.6 is 0 Å². The van der Waals surface area contributed by atoms with Crippen molar-refractivity contribution in [1.82, 2.24) is 0 Å². The van der Waals surface area contributed by atoms with Gasteiger partial charge in [-0.1, -0.05) is 237 Å². The van der Waals surface area contributed by atoms with Gasteiger partial charge in [-0.15, -0.1) is 0 Å². The van der Waals surface area contributed by atoms with Gasteiger partial charge in [-0.05, 0) is 45.2 Å². The van der Waals surface area contributed by atoms with Crippen LogP contribution in [0.25, 0.3) is 0 Å². The molecule has 2 atom stereocenters. The molecular weight excluding hydrogens is 841 g/mol. The largest absolute Gasteiger partial charge is 0.394 e. The Kier molecular flexibility index (Phi) is 50.9. The maximum absolute atomic E-state index is 10.8. The van der Waals surface area contributed by atoms with Crippen molar-refractivity contribution in [3.8, 4) is 0 Å². The molecule has 10 nitrogen and oxygen atoms in total. The number of hydrogen-bond donors (Lipinski definition) is 5. The second-order valence-corrected chi connectivity index (χ2v) is 20.0. The summed E-state index contributed by atoms with van der Waals surface area (Å²) >= 11 is 0. The molecule has 1 fully saturated rings. The number of hydrogen-bond acceptors (Lipinski definition) is 9. The third-order valence-electron chi connectivity index (χ3n) is 11.9. The van der Waals surface area contributed by atoms with E-state index in [0.29, 0.717) is 12.4 Å². The van der Waals surface area contributed by atoms with Crippen molar-refractivity contribution >= 4 is 15.9 Å². The van der Waals surface area contributed by atoms with Gasteiger partial charge in [0, 0.05) is 6.42 Å². The number of aryl methyl sites for hydroxylation is 1. The molecule has 0 bridgehead atoms. The fourth-order valence-corrected chi connectivity index (χ4v) is 8.14. The van der Waals surface area contributed by atoms with Gasteiger partial charge in [0.15, 0.2) is 6.29 Å². The van der Waals surface area contributed by atoms with E-state index in [1.54, 1.807) is 19.1 Å². The molecule has 0 amide bonds. The van der Waals surface area contributed by atoms with Crippen LogP contribution in [0.2, 0.25) is 0 Å². The van der Waals surface area contributed by atoms with Crippen molar-refractivity contribution in [1.29, 1.82) is 0 Å². The highest BCUT2D eigenvalue weighted by Gasteiger charge is 2.24. The lowest BCUT2D eigenvalue weighted by molar-refractivity contribution is -0.117. The minimum atomic E-state index is -4.02. The summed E-state index contributed by atoms with van der Waals surface area (Å²) in [7, 11) is -4.02. The van der Waals surface area contributed by atoms with Gasteiger partial charge < -0.3 is 34.7 Å². The molecule has 1 saturated heterocycles. The molecule has 1 aliphatic rings. The molecule has 1 aromatic carbocycles. The molecule has 65 heavy (non-hydrogen) atoms. The lowest BCUT2D eigenvalue weighted by atomic mass is 10.0. The maximum atomic E-state index is 10.8. The Labute approximate surface area is 400 Å². The zero-order valence-corrected chi connectivity index (χ0v) is 43.3. The van der Waals surface area contributed by atoms with E-state index in [4.69, 9.17) is 34.5 Å². The van der Waals surface area contributed by atoms with Gasteiger partial charge in [0.1, 0.15) is 18.0 Å². The Morgan fingerprint density at radius 1 is 0.569 bits per heavy atom. The first-order valence-electron chi connectivity index (χ1n) is 26.8. The maximum Gasteiger partial charge on any atom is 0.294 e. The van der Waals surface area contributed by atoms with Crippen molar-refractivity contribution in [3.05, 3.63) is 29.8 Å². The Balaban J connectivity index is 0. The van der Waals surface area contributed by atoms with Gasteiger partial charge in [-0.2, -0.15) is 8.42 Å². The molecule has 0 saturated carbocycles. The van der Waals surface area contributed by atoms with Crippen LogP contribution in [0.3, 0.4) is 0 Å². The van der Waals surface area contributed by atoms with Crippen LogP contribution in [0.4, 0.5) is 0 Å². The average Bonchev–Trinajstić information content (AvgIpc) is 3.76. The van der Waals surface area contributed by atoms with E-state index in [1.165, 1.54) is 224 Å². The van der Waals surface area contributed by atoms with Crippen LogP contribution in [0, 0.1) is 6.92 Å². The average molecular weight is 945 g/mol. The van der Waals surface area contributed by atoms with Crippen molar-refractivity contribution in [2.45, 2.75) is 282 Å². The predicted octanol–water partition coefficient (Wildman–Crippen LogP) is 14.0. The van der Waals surface area contributed by atoms with Crippen molar-refractivity contribution < 1.29 is 47.7 Å². The lowest BCUT2D eigenvalue weighted by Gasteiger charge is -2.09. The number of benzene rings is 1. The highest BCUT2D eigenvalue weighted by atomic mass is 32.2. The first kappa shape index (κ1) is 65.6. The van der Waals surface area contributed by atoms with Gasteiger partial charge in [0.05, 0.1) is 31.3 Å². The topological polar surface area (TPSA) is 171 Å². The SMILES string of the molecule is CCCCCCCCCCCCCCCCCCCC(C)=O.CCCCCCCCCCCCCCCCCCCC1OCC(CO)O1.Cc1ccc(S(=O)(=O)O)cc1.OCC(O)CO. The summed E-state index contributed by atoms with van der Waals surface area (Å²) in [6.07, 6.45) is 48.2. The summed E-state index contributed by atoms with van der Waals surface area (Å²) in [6, 6.07) is 5.99. The van der Waals surface area contributed by atoms with E-state index in [9.17, 15) is 13.2 Å². The summed E-state index contributed by atoms with van der Waals surface area (Å²) < 4.78 is 40.6. The second kappa shape index (κ2) is 50.4. The molecular formula is C54H104O10S. The van der Waals surface area contributed by atoms with E-state index in [1.807, 2.05) is 6.92 Å². The highest BCUT2D eigenvalue weighted by molar-refractivity contribution is 7.85. The van der Waals surface area contributed by atoms with Crippen molar-refractivity contribution in [2.75, 3.05) is 26.4 Å². The zero-order valence-electron chi connectivity index (χ0n) is 42.5. The summed E-state index contributed by atoms with van der Waals surface area (Å²) in [6.45, 7) is 8.02. The number of Topliss-reactive ketones (excluding diaryl/α,β-unsaturated/α-hetero) is 1. The molecule has 2 rings (SSSR count). The molecule has 386 valence electrons. The van der Waals surface area contributed by atoms with Crippen LogP contribution in [-0.4, -0.2) is 84.1 Å². The summed E-state index contributed by atoms with van der Waals surface area (Å²) in [5, 5.41) is 33.0. The Morgan fingerprint density at radius 3 is 1.15 bits per heavy atom. The fraction of sp³-hybridized carbons (Fsp3) is 0.870. The second-order valence-electron chi connectivity index (χ2n) is 18.6. The quantitative estimate of drug-likeness (QED) is 0.0315. The van der Waals surface area contributed by atoms with Gasteiger partial charge in [-0.25, -0.2) is 0 Å². The number of aliphatic hydroxyl groups excluding tert-OH is 4. The number of carbonyl (C=O) groups is 1. The number of carbonyl (C=O) groups excluding carboxylic acids is 1. The standard InChI is InChI=1S/C23H46O3.C21H42O.C7H8O3S.C3H8O3/c1-2-3-4-5-6-7-8-9-10-11-12-13-14-15-16-17-18-19-23-25-21-22(20-24)26-23;1-3-4-5-6-7-8-9-10-11-12-13-14-15-16-17-18-19-20-21(2)22;1-6-2-4-7(5-3-6)11(8,9)10;4-1-3(6)2-5/h22-24H,2-21H2,1H3;3-20H2,1-2H3;2-5H,1H3,(H,8,9,10);3-6H,1-2H2. The molecule has 1 aliphatic heterocycles. The van der Waals surface area contributed by atoms with Gasteiger partial charge in [-0.3, -0.25) is 4.55 Å². The van der Waals surface area contributed by atoms with Gasteiger partial charge >= 0.3 is 0 Å². The van der Waals surface area contributed by atoms with Crippen LogP contribution < -0.4 is 0 Å². The van der Waals surface area contributed by atoms with Crippen LogP contribution in [0.5, 0.6) is 0 Å². The molecule has 0 radical (unpaired) electrons. The summed E-state index contributed by atoms with van der Waals surface area (Å²) in [5.41, 5.74) is 0.956. The molecule has 5 N–H and O–H groups in total. The van der Waals surface area contributed by atoms with Gasteiger partial charge in [0.2, 0.25) is 0 Å². The van der Waals surface area contributed by atoms with Crippen LogP contribution in [-0.2, 0) is 24.4 Å². The highest BCUT2D eigenvalue weighted by Crippen LogP contribution is 2.19. The van der Waals surface area contributed by atoms with E-state index in [2.05, 4.69) is 13.8 Å².